The number of ether oxygens (including phenoxy) is 1. The van der Waals surface area contributed by atoms with Gasteiger partial charge in [-0.25, -0.2) is 0 Å². The molecule has 1 aliphatic heterocycles. The smallest absolute Gasteiger partial charge is 0.154 e. The molecule has 0 unspecified atom stereocenters. The van der Waals surface area contributed by atoms with Crippen molar-refractivity contribution in [2.45, 2.75) is 6.92 Å². The number of dihydropyridines is 1. The Labute approximate surface area is 73.5 Å². The first-order chi connectivity index (χ1) is 5.88. The third kappa shape index (κ3) is 2.36. The molecule has 3 heteroatoms. The Hall–Kier alpha value is -0.800. The van der Waals surface area contributed by atoms with Gasteiger partial charge in [0.2, 0.25) is 0 Å². The Morgan fingerprint density at radius 1 is 1.58 bits per heavy atom. The van der Waals surface area contributed by atoms with Crippen LogP contribution in [0.3, 0.4) is 0 Å². The second-order valence-electron chi connectivity index (χ2n) is 2.53. The van der Waals surface area contributed by atoms with Crippen molar-refractivity contribution in [3.63, 3.8) is 0 Å². The molecule has 67 valence electrons. The van der Waals surface area contributed by atoms with Gasteiger partial charge in [-0.2, -0.15) is 0 Å². The van der Waals surface area contributed by atoms with Gasteiger partial charge in [0.1, 0.15) is 0 Å². The van der Waals surface area contributed by atoms with Gasteiger partial charge >= 0.3 is 0 Å². The quantitative estimate of drug-likeness (QED) is 0.649. The van der Waals surface area contributed by atoms with Crippen LogP contribution in [-0.4, -0.2) is 20.3 Å². The molecule has 0 aliphatic carbocycles. The maximum atomic E-state index is 5.05. The maximum Gasteiger partial charge on any atom is 0.154 e. The van der Waals surface area contributed by atoms with Crippen molar-refractivity contribution in [1.82, 2.24) is 10.6 Å². The van der Waals surface area contributed by atoms with Crippen LogP contribution < -0.4 is 10.6 Å². The number of likely N-dealkylation sites (N-methyl/N-ethyl adjacent to an activating group) is 1. The third-order valence-corrected chi connectivity index (χ3v) is 1.60. The predicted octanol–water partition coefficient (Wildman–Crippen LogP) is 0.775. The van der Waals surface area contributed by atoms with Gasteiger partial charge in [0.25, 0.3) is 0 Å². The second kappa shape index (κ2) is 4.95. The lowest BCUT2D eigenvalue weighted by molar-refractivity contribution is 0.222. The van der Waals surface area contributed by atoms with Gasteiger partial charge in [0, 0.05) is 7.11 Å². The number of rotatable bonds is 4. The van der Waals surface area contributed by atoms with E-state index in [-0.39, 0.29) is 0 Å². The van der Waals surface area contributed by atoms with Crippen molar-refractivity contribution in [3.8, 4) is 0 Å². The summed E-state index contributed by atoms with van der Waals surface area (Å²) in [6, 6.07) is 0. The molecular weight excluding hydrogens is 152 g/mol. The van der Waals surface area contributed by atoms with Crippen molar-refractivity contribution in [2.75, 3.05) is 20.3 Å². The van der Waals surface area contributed by atoms with E-state index < -0.39 is 0 Å². The van der Waals surface area contributed by atoms with E-state index in [1.54, 1.807) is 7.11 Å². The molecule has 0 atom stereocenters. The highest BCUT2D eigenvalue weighted by molar-refractivity contribution is 5.31. The molecule has 0 aromatic heterocycles. The molecule has 0 spiro atoms. The monoisotopic (exact) mass is 167 g/mol. The lowest BCUT2D eigenvalue weighted by Crippen LogP contribution is -2.35. The summed E-state index contributed by atoms with van der Waals surface area (Å²) in [6.45, 7) is 3.62. The SMILES string of the molecule is CCN[C]1NC=CC=C1COC. The molecule has 0 amide bonds. The molecule has 12 heavy (non-hydrogen) atoms. The fraction of sp³-hybridized carbons (Fsp3) is 0.444. The van der Waals surface area contributed by atoms with Crippen LogP contribution in [0.25, 0.3) is 0 Å². The van der Waals surface area contributed by atoms with Gasteiger partial charge in [-0.3, -0.25) is 5.32 Å². The zero-order valence-electron chi connectivity index (χ0n) is 7.55. The maximum absolute atomic E-state index is 5.05. The van der Waals surface area contributed by atoms with Crippen molar-refractivity contribution in [3.05, 3.63) is 30.1 Å². The second-order valence-corrected chi connectivity index (χ2v) is 2.53. The Morgan fingerprint density at radius 2 is 2.42 bits per heavy atom. The summed E-state index contributed by atoms with van der Waals surface area (Å²) in [5.41, 5.74) is 1.15. The van der Waals surface area contributed by atoms with Crippen LogP contribution in [0.1, 0.15) is 6.92 Å². The highest BCUT2D eigenvalue weighted by Gasteiger charge is 2.13. The molecule has 2 N–H and O–H groups in total. The van der Waals surface area contributed by atoms with Crippen LogP contribution in [0.4, 0.5) is 0 Å². The van der Waals surface area contributed by atoms with E-state index in [1.165, 1.54) is 0 Å². The normalized spacial score (nSPS) is 17.3. The Kier molecular flexibility index (Phi) is 3.84. The molecular formula is C9H15N2O. The Morgan fingerprint density at radius 3 is 3.08 bits per heavy atom. The number of allylic oxidation sites excluding steroid dienone is 2. The van der Waals surface area contributed by atoms with E-state index in [2.05, 4.69) is 17.6 Å². The van der Waals surface area contributed by atoms with Gasteiger partial charge in [0.15, 0.2) is 6.17 Å². The minimum atomic E-state index is 0.639. The minimum Gasteiger partial charge on any atom is -0.380 e. The Bertz CT molecular complexity index is 187. The summed E-state index contributed by atoms with van der Waals surface area (Å²) in [6.07, 6.45) is 6.95. The van der Waals surface area contributed by atoms with E-state index in [0.29, 0.717) is 6.61 Å². The van der Waals surface area contributed by atoms with E-state index in [9.17, 15) is 0 Å². The first kappa shape index (κ1) is 9.29. The Balaban J connectivity index is 2.50. The summed E-state index contributed by atoms with van der Waals surface area (Å²) in [5, 5.41) is 6.36. The van der Waals surface area contributed by atoms with Gasteiger partial charge in [-0.05, 0) is 24.4 Å². The van der Waals surface area contributed by atoms with Crippen LogP contribution >= 0.6 is 0 Å². The summed E-state index contributed by atoms with van der Waals surface area (Å²) in [4.78, 5) is 0. The summed E-state index contributed by atoms with van der Waals surface area (Å²) >= 11 is 0. The standard InChI is InChI=1S/C9H15N2O/c1-3-10-9-8(7-12-2)5-4-6-11-9/h4-6,10-11H,3,7H2,1-2H3. The number of methoxy groups -OCH3 is 1. The highest BCUT2D eigenvalue weighted by atomic mass is 16.5. The van der Waals surface area contributed by atoms with Gasteiger partial charge in [-0.15, -0.1) is 0 Å². The molecule has 3 nitrogen and oxygen atoms in total. The molecule has 0 bridgehead atoms. The van der Waals surface area contributed by atoms with Crippen molar-refractivity contribution in [1.29, 1.82) is 0 Å². The average Bonchev–Trinajstić information content (AvgIpc) is 2.09. The van der Waals surface area contributed by atoms with Crippen LogP contribution in [0.5, 0.6) is 0 Å². The van der Waals surface area contributed by atoms with Crippen LogP contribution in [0, 0.1) is 6.17 Å². The van der Waals surface area contributed by atoms with E-state index >= 15 is 0 Å². The van der Waals surface area contributed by atoms with E-state index in [4.69, 9.17) is 4.74 Å². The average molecular weight is 167 g/mol. The van der Waals surface area contributed by atoms with Crippen molar-refractivity contribution < 1.29 is 4.74 Å². The molecule has 0 saturated heterocycles. The molecule has 0 saturated carbocycles. The lowest BCUT2D eigenvalue weighted by atomic mass is 10.1. The van der Waals surface area contributed by atoms with Crippen molar-refractivity contribution in [2.24, 2.45) is 0 Å². The fourth-order valence-corrected chi connectivity index (χ4v) is 1.09. The zero-order valence-corrected chi connectivity index (χ0v) is 7.55. The lowest BCUT2D eigenvalue weighted by Gasteiger charge is -2.21. The number of hydrogen-bond donors (Lipinski definition) is 2. The van der Waals surface area contributed by atoms with Crippen LogP contribution in [0.2, 0.25) is 0 Å². The fourth-order valence-electron chi connectivity index (χ4n) is 1.09. The first-order valence-corrected chi connectivity index (χ1v) is 4.11. The largest absolute Gasteiger partial charge is 0.380 e. The summed E-state index contributed by atoms with van der Waals surface area (Å²) < 4.78 is 5.05. The first-order valence-electron chi connectivity index (χ1n) is 4.11. The molecule has 0 aromatic carbocycles. The molecule has 1 heterocycles. The molecule has 1 aliphatic rings. The molecule has 0 fully saturated rings. The summed E-state index contributed by atoms with van der Waals surface area (Å²) in [5.74, 6) is 0. The predicted molar refractivity (Wildman–Crippen MR) is 49.2 cm³/mol. The number of nitrogens with one attached hydrogen (secondary N) is 2. The van der Waals surface area contributed by atoms with Gasteiger partial charge in [-0.1, -0.05) is 13.0 Å². The zero-order chi connectivity index (χ0) is 8.81. The molecule has 1 rings (SSSR count). The third-order valence-electron chi connectivity index (χ3n) is 1.60. The number of hydrogen-bond acceptors (Lipinski definition) is 3. The molecule has 0 aromatic rings. The van der Waals surface area contributed by atoms with Gasteiger partial charge in [0.05, 0.1) is 6.61 Å². The highest BCUT2D eigenvalue weighted by Crippen LogP contribution is 2.11. The molecule has 1 radical (unpaired) electrons. The van der Waals surface area contributed by atoms with E-state index in [1.807, 2.05) is 18.4 Å². The van der Waals surface area contributed by atoms with E-state index in [0.717, 1.165) is 18.3 Å². The van der Waals surface area contributed by atoms with Crippen LogP contribution in [-0.2, 0) is 4.74 Å². The topological polar surface area (TPSA) is 33.3 Å². The summed E-state index contributed by atoms with van der Waals surface area (Å²) in [7, 11) is 1.70. The van der Waals surface area contributed by atoms with Crippen LogP contribution in [0.15, 0.2) is 23.9 Å². The van der Waals surface area contributed by atoms with Gasteiger partial charge < -0.3 is 10.1 Å². The minimum absolute atomic E-state index is 0.639. The van der Waals surface area contributed by atoms with Crippen molar-refractivity contribution >= 4 is 0 Å².